The normalized spacial score (nSPS) is 15.7. The van der Waals surface area contributed by atoms with E-state index in [9.17, 15) is 0 Å². The molecule has 1 aliphatic rings. The van der Waals surface area contributed by atoms with E-state index < -0.39 is 0 Å². The Morgan fingerprint density at radius 3 is 2.60 bits per heavy atom. The molecule has 0 aliphatic carbocycles. The van der Waals surface area contributed by atoms with Crippen LogP contribution >= 0.6 is 0 Å². The van der Waals surface area contributed by atoms with E-state index in [4.69, 9.17) is 16.2 Å². The van der Waals surface area contributed by atoms with Crippen LogP contribution in [-0.2, 0) is 13.0 Å². The summed E-state index contributed by atoms with van der Waals surface area (Å²) in [5.41, 5.74) is 16.1. The van der Waals surface area contributed by atoms with Crippen molar-refractivity contribution in [1.29, 1.82) is 0 Å². The first-order chi connectivity index (χ1) is 14.6. The Labute approximate surface area is 177 Å². The van der Waals surface area contributed by atoms with Crippen LogP contribution in [0.4, 0.5) is 5.82 Å². The number of hydrogen-bond acceptors (Lipinski definition) is 7. The molecule has 4 rings (SSSR count). The first kappa shape index (κ1) is 20.6. The van der Waals surface area contributed by atoms with Crippen LogP contribution in [0.5, 0.6) is 6.01 Å². The van der Waals surface area contributed by atoms with Crippen LogP contribution in [0.3, 0.4) is 0 Å². The number of rotatable bonds is 8. The van der Waals surface area contributed by atoms with Crippen LogP contribution in [0.2, 0.25) is 0 Å². The summed E-state index contributed by atoms with van der Waals surface area (Å²) in [5.74, 6) is 0.333. The maximum absolute atomic E-state index is 6.06. The lowest BCUT2D eigenvalue weighted by Gasteiger charge is -2.30. The van der Waals surface area contributed by atoms with Gasteiger partial charge in [0.2, 0.25) is 0 Å². The zero-order valence-corrected chi connectivity index (χ0v) is 17.6. The fraction of sp³-hybridized carbons (Fsp3) is 0.500. The number of ether oxygens (including phenoxy) is 1. The Morgan fingerprint density at radius 2 is 1.87 bits per heavy atom. The van der Waals surface area contributed by atoms with Crippen molar-refractivity contribution in [2.45, 2.75) is 51.6 Å². The van der Waals surface area contributed by atoms with Gasteiger partial charge in [-0.1, -0.05) is 37.6 Å². The van der Waals surface area contributed by atoms with E-state index in [1.54, 1.807) is 10.7 Å². The number of unbranched alkanes of at least 4 members (excludes halogenated alkanes) is 1. The van der Waals surface area contributed by atoms with Crippen molar-refractivity contribution in [2.24, 2.45) is 5.73 Å². The van der Waals surface area contributed by atoms with Gasteiger partial charge in [-0.15, -0.1) is 5.10 Å². The van der Waals surface area contributed by atoms with E-state index in [0.717, 1.165) is 51.0 Å². The minimum atomic E-state index is 0.296. The number of nitrogens with two attached hydrogens (primary N) is 2. The number of hydrogen-bond donors (Lipinski definition) is 2. The average molecular weight is 410 g/mol. The maximum atomic E-state index is 6.06. The lowest BCUT2D eigenvalue weighted by atomic mass is 10.0. The van der Waals surface area contributed by atoms with Crippen LogP contribution in [0.1, 0.15) is 49.4 Å². The number of nitrogen functional groups attached to an aromatic ring is 1. The van der Waals surface area contributed by atoms with Gasteiger partial charge in [0.1, 0.15) is 0 Å². The van der Waals surface area contributed by atoms with Crippen LogP contribution in [-0.4, -0.2) is 50.2 Å². The fourth-order valence-electron chi connectivity index (χ4n) is 3.76. The van der Waals surface area contributed by atoms with Crippen LogP contribution in [0.15, 0.2) is 30.5 Å². The molecule has 8 heteroatoms. The fourth-order valence-corrected chi connectivity index (χ4v) is 3.76. The molecule has 0 unspecified atom stereocenters. The van der Waals surface area contributed by atoms with Gasteiger partial charge < -0.3 is 16.2 Å². The smallest absolute Gasteiger partial charge is 0.336 e. The molecule has 3 aromatic rings. The van der Waals surface area contributed by atoms with Gasteiger partial charge in [-0.2, -0.15) is 4.98 Å². The summed E-state index contributed by atoms with van der Waals surface area (Å²) in [6, 6.07) is 9.42. The third kappa shape index (κ3) is 4.88. The van der Waals surface area contributed by atoms with E-state index in [2.05, 4.69) is 51.2 Å². The van der Waals surface area contributed by atoms with Crippen molar-refractivity contribution in [3.63, 3.8) is 0 Å². The van der Waals surface area contributed by atoms with E-state index in [-0.39, 0.29) is 0 Å². The molecule has 4 N–H and O–H groups in total. The molecule has 3 heterocycles. The van der Waals surface area contributed by atoms with E-state index >= 15 is 0 Å². The molecular weight excluding hydrogens is 378 g/mol. The highest BCUT2D eigenvalue weighted by molar-refractivity contribution is 5.59. The molecule has 1 fully saturated rings. The molecule has 8 nitrogen and oxygen atoms in total. The first-order valence-corrected chi connectivity index (χ1v) is 10.8. The van der Waals surface area contributed by atoms with Gasteiger partial charge in [0.25, 0.3) is 0 Å². The second-order valence-electron chi connectivity index (χ2n) is 8.07. The molecule has 0 bridgehead atoms. The summed E-state index contributed by atoms with van der Waals surface area (Å²) >= 11 is 0. The Kier molecular flexibility index (Phi) is 6.44. The molecule has 0 saturated carbocycles. The highest BCUT2D eigenvalue weighted by atomic mass is 16.5. The van der Waals surface area contributed by atoms with E-state index in [1.807, 2.05) is 0 Å². The molecular formula is C22H31N7O. The van der Waals surface area contributed by atoms with Crippen molar-refractivity contribution in [3.05, 3.63) is 47.3 Å². The first-order valence-electron chi connectivity index (χ1n) is 10.8. The highest BCUT2D eigenvalue weighted by Crippen LogP contribution is 2.18. The van der Waals surface area contributed by atoms with Gasteiger partial charge in [0, 0.05) is 19.0 Å². The Balaban J connectivity index is 1.44. The van der Waals surface area contributed by atoms with Crippen molar-refractivity contribution in [1.82, 2.24) is 24.5 Å². The van der Waals surface area contributed by atoms with E-state index in [0.29, 0.717) is 36.5 Å². The predicted molar refractivity (Wildman–Crippen MR) is 117 cm³/mol. The molecule has 30 heavy (non-hydrogen) atoms. The van der Waals surface area contributed by atoms with Crippen molar-refractivity contribution in [2.75, 3.05) is 25.4 Å². The molecule has 1 aliphatic heterocycles. The second-order valence-corrected chi connectivity index (χ2v) is 8.07. The average Bonchev–Trinajstić information content (AvgIpc) is 3.15. The maximum Gasteiger partial charge on any atom is 0.336 e. The number of likely N-dealkylation sites (tertiary alicyclic amines) is 1. The largest absolute Gasteiger partial charge is 0.462 e. The molecule has 0 amide bonds. The van der Waals surface area contributed by atoms with Crippen molar-refractivity contribution < 1.29 is 4.74 Å². The third-order valence-electron chi connectivity index (χ3n) is 5.61. The standard InChI is InChI=1S/C22H31N7O/c1-2-3-12-30-22-26-20(24)21-25-14-19(29(21)27-22)13-16-4-6-17(7-5-16)15-28-10-8-18(23)9-11-28/h4-7,14,18H,2-3,8-13,15,23H2,1H3,(H2,24,26,27). The summed E-state index contributed by atoms with van der Waals surface area (Å²) < 4.78 is 7.39. The third-order valence-corrected chi connectivity index (χ3v) is 5.61. The van der Waals surface area contributed by atoms with Gasteiger partial charge in [-0.05, 0) is 43.5 Å². The van der Waals surface area contributed by atoms with Gasteiger partial charge in [-0.3, -0.25) is 4.90 Å². The van der Waals surface area contributed by atoms with Crippen LogP contribution in [0, 0.1) is 0 Å². The lowest BCUT2D eigenvalue weighted by Crippen LogP contribution is -2.39. The van der Waals surface area contributed by atoms with Gasteiger partial charge >= 0.3 is 6.01 Å². The number of imidazole rings is 1. The summed E-state index contributed by atoms with van der Waals surface area (Å²) in [6.07, 6.45) is 6.69. The SMILES string of the molecule is CCCCOc1nc(N)c2ncc(Cc3ccc(CN4CCC(N)CC4)cc3)n2n1. The molecule has 2 aromatic heterocycles. The van der Waals surface area contributed by atoms with E-state index in [1.165, 1.54) is 11.1 Å². The van der Waals surface area contributed by atoms with Crippen LogP contribution in [0.25, 0.3) is 5.65 Å². The number of aromatic nitrogens is 4. The number of anilines is 1. The number of piperidine rings is 1. The molecule has 1 saturated heterocycles. The lowest BCUT2D eigenvalue weighted by molar-refractivity contribution is 0.205. The number of nitrogens with zero attached hydrogens (tertiary/aromatic N) is 5. The summed E-state index contributed by atoms with van der Waals surface area (Å²) in [4.78, 5) is 11.1. The summed E-state index contributed by atoms with van der Waals surface area (Å²) in [6.45, 7) is 5.83. The number of benzene rings is 1. The zero-order valence-electron chi connectivity index (χ0n) is 17.6. The monoisotopic (exact) mass is 409 g/mol. The quantitative estimate of drug-likeness (QED) is 0.550. The molecule has 0 radical (unpaired) electrons. The Morgan fingerprint density at radius 1 is 1.13 bits per heavy atom. The Hall–Kier alpha value is -2.71. The second kappa shape index (κ2) is 9.40. The van der Waals surface area contributed by atoms with Crippen LogP contribution < -0.4 is 16.2 Å². The molecule has 0 spiro atoms. The zero-order chi connectivity index (χ0) is 20.9. The molecule has 0 atom stereocenters. The Bertz CT molecular complexity index is 962. The van der Waals surface area contributed by atoms with Gasteiger partial charge in [-0.25, -0.2) is 9.50 Å². The molecule has 160 valence electrons. The number of fused-ring (bicyclic) bond motifs is 1. The van der Waals surface area contributed by atoms with Gasteiger partial charge in [0.05, 0.1) is 18.5 Å². The predicted octanol–water partition coefficient (Wildman–Crippen LogP) is 2.40. The highest BCUT2D eigenvalue weighted by Gasteiger charge is 2.16. The van der Waals surface area contributed by atoms with Crippen molar-refractivity contribution >= 4 is 11.5 Å². The van der Waals surface area contributed by atoms with Gasteiger partial charge in [0.15, 0.2) is 11.5 Å². The molecule has 1 aromatic carbocycles. The minimum Gasteiger partial charge on any atom is -0.462 e. The van der Waals surface area contributed by atoms with Crippen molar-refractivity contribution in [3.8, 4) is 6.01 Å². The topological polar surface area (TPSA) is 108 Å². The summed E-state index contributed by atoms with van der Waals surface area (Å²) in [5, 5.41) is 4.49. The minimum absolute atomic E-state index is 0.296. The summed E-state index contributed by atoms with van der Waals surface area (Å²) in [7, 11) is 0.